The van der Waals surface area contributed by atoms with Crippen molar-refractivity contribution in [1.82, 2.24) is 15.5 Å². The van der Waals surface area contributed by atoms with Crippen molar-refractivity contribution in [3.63, 3.8) is 0 Å². The molecule has 0 bridgehead atoms. The van der Waals surface area contributed by atoms with Gasteiger partial charge >= 0.3 is 0 Å². The first-order chi connectivity index (χ1) is 8.34. The van der Waals surface area contributed by atoms with E-state index in [1.807, 2.05) is 11.4 Å². The number of hydrogen-bond acceptors (Lipinski definition) is 5. The van der Waals surface area contributed by atoms with Crippen LogP contribution in [0.4, 0.5) is 0 Å². The highest BCUT2D eigenvalue weighted by Crippen LogP contribution is 2.33. The van der Waals surface area contributed by atoms with E-state index in [9.17, 15) is 0 Å². The average Bonchev–Trinajstić information content (AvgIpc) is 2.98. The van der Waals surface area contributed by atoms with Crippen molar-refractivity contribution in [3.05, 3.63) is 22.3 Å². The first-order valence-electron chi connectivity index (χ1n) is 5.62. The van der Waals surface area contributed by atoms with E-state index < -0.39 is 0 Å². The van der Waals surface area contributed by atoms with Gasteiger partial charge in [0.15, 0.2) is 5.82 Å². The van der Waals surface area contributed by atoms with Gasteiger partial charge in [-0.15, -0.1) is 11.3 Å². The van der Waals surface area contributed by atoms with Crippen molar-refractivity contribution in [2.75, 3.05) is 13.1 Å². The zero-order valence-electron chi connectivity index (χ0n) is 9.15. The molecule has 0 radical (unpaired) electrons. The number of rotatable bonds is 2. The molecule has 0 aromatic carbocycles. The lowest BCUT2D eigenvalue weighted by molar-refractivity contribution is 0.392. The molecular weight excluding hydrogens is 258 g/mol. The number of piperidine rings is 1. The molecule has 1 saturated heterocycles. The second-order valence-corrected chi connectivity index (χ2v) is 5.40. The zero-order valence-corrected chi connectivity index (χ0v) is 10.7. The molecule has 3 rings (SSSR count). The Morgan fingerprint density at radius 1 is 1.41 bits per heavy atom. The Morgan fingerprint density at radius 2 is 2.24 bits per heavy atom. The summed E-state index contributed by atoms with van der Waals surface area (Å²) in [5, 5.41) is 9.99. The van der Waals surface area contributed by atoms with E-state index in [0.29, 0.717) is 16.8 Å². The molecule has 3 heterocycles. The maximum Gasteiger partial charge on any atom is 0.269 e. The first kappa shape index (κ1) is 11.2. The smallest absolute Gasteiger partial charge is 0.269 e. The summed E-state index contributed by atoms with van der Waals surface area (Å²) in [7, 11) is 0. The molecule has 6 heteroatoms. The van der Waals surface area contributed by atoms with Gasteiger partial charge in [0.05, 0.1) is 5.02 Å². The average molecular weight is 270 g/mol. The van der Waals surface area contributed by atoms with Crippen LogP contribution in [-0.2, 0) is 0 Å². The Balaban J connectivity index is 1.85. The third-order valence-corrected chi connectivity index (χ3v) is 4.29. The molecule has 2 aromatic heterocycles. The van der Waals surface area contributed by atoms with Gasteiger partial charge in [-0.25, -0.2) is 0 Å². The number of halogens is 1. The summed E-state index contributed by atoms with van der Waals surface area (Å²) in [6, 6.07) is 1.84. The third-order valence-electron chi connectivity index (χ3n) is 2.96. The number of nitrogens with zero attached hydrogens (tertiary/aromatic N) is 2. The van der Waals surface area contributed by atoms with Crippen LogP contribution >= 0.6 is 22.9 Å². The van der Waals surface area contributed by atoms with Gasteiger partial charge in [-0.3, -0.25) is 0 Å². The van der Waals surface area contributed by atoms with Gasteiger partial charge in [-0.1, -0.05) is 16.8 Å². The summed E-state index contributed by atoms with van der Waals surface area (Å²) in [4.78, 5) is 5.32. The number of aromatic nitrogens is 2. The highest BCUT2D eigenvalue weighted by molar-refractivity contribution is 7.14. The topological polar surface area (TPSA) is 51.0 Å². The second kappa shape index (κ2) is 4.76. The Morgan fingerprint density at radius 3 is 2.94 bits per heavy atom. The van der Waals surface area contributed by atoms with Crippen molar-refractivity contribution in [2.45, 2.75) is 18.8 Å². The van der Waals surface area contributed by atoms with Crippen molar-refractivity contribution < 1.29 is 4.52 Å². The maximum absolute atomic E-state index is 6.04. The van der Waals surface area contributed by atoms with Crippen LogP contribution < -0.4 is 5.32 Å². The lowest BCUT2D eigenvalue weighted by Gasteiger charge is -2.18. The summed E-state index contributed by atoms with van der Waals surface area (Å²) >= 11 is 7.56. The number of hydrogen-bond donors (Lipinski definition) is 1. The maximum atomic E-state index is 6.04. The van der Waals surface area contributed by atoms with Crippen LogP contribution in [0.5, 0.6) is 0 Å². The molecule has 0 amide bonds. The molecule has 1 aliphatic rings. The van der Waals surface area contributed by atoms with Crippen LogP contribution in [0.2, 0.25) is 5.02 Å². The predicted molar refractivity (Wildman–Crippen MR) is 67.5 cm³/mol. The fraction of sp³-hybridized carbons (Fsp3) is 0.455. The van der Waals surface area contributed by atoms with Crippen molar-refractivity contribution >= 4 is 22.9 Å². The zero-order chi connectivity index (χ0) is 11.7. The minimum Gasteiger partial charge on any atom is -0.333 e. The second-order valence-electron chi connectivity index (χ2n) is 4.08. The molecule has 0 spiro atoms. The molecule has 90 valence electrons. The SMILES string of the molecule is Clc1ccsc1-c1nc(C2CCNCC2)no1. The van der Waals surface area contributed by atoms with E-state index in [0.717, 1.165) is 36.6 Å². The quantitative estimate of drug-likeness (QED) is 0.911. The molecule has 17 heavy (non-hydrogen) atoms. The van der Waals surface area contributed by atoms with Gasteiger partial charge in [0.25, 0.3) is 5.89 Å². The summed E-state index contributed by atoms with van der Waals surface area (Å²) in [5.74, 6) is 1.76. The van der Waals surface area contributed by atoms with E-state index in [-0.39, 0.29) is 0 Å². The molecular formula is C11H12ClN3OS. The highest BCUT2D eigenvalue weighted by Gasteiger charge is 2.22. The van der Waals surface area contributed by atoms with E-state index in [2.05, 4.69) is 15.5 Å². The van der Waals surface area contributed by atoms with E-state index in [1.165, 1.54) is 11.3 Å². The minimum absolute atomic E-state index is 0.410. The van der Waals surface area contributed by atoms with Crippen LogP contribution in [0.25, 0.3) is 10.8 Å². The van der Waals surface area contributed by atoms with Crippen LogP contribution in [0.3, 0.4) is 0 Å². The van der Waals surface area contributed by atoms with Gasteiger partial charge in [-0.05, 0) is 37.4 Å². The molecule has 1 N–H and O–H groups in total. The molecule has 0 saturated carbocycles. The van der Waals surface area contributed by atoms with Gasteiger partial charge < -0.3 is 9.84 Å². The number of nitrogens with one attached hydrogen (secondary N) is 1. The van der Waals surface area contributed by atoms with Gasteiger partial charge in [-0.2, -0.15) is 4.98 Å². The Bertz CT molecular complexity index is 504. The van der Waals surface area contributed by atoms with Gasteiger partial charge in [0, 0.05) is 5.92 Å². The highest BCUT2D eigenvalue weighted by atomic mass is 35.5. The molecule has 0 aliphatic carbocycles. The predicted octanol–water partition coefficient (Wildman–Crippen LogP) is 2.92. The summed E-state index contributed by atoms with van der Waals surface area (Å²) in [6.07, 6.45) is 2.13. The van der Waals surface area contributed by atoms with Crippen molar-refractivity contribution in [1.29, 1.82) is 0 Å². The molecule has 2 aromatic rings. The third kappa shape index (κ3) is 2.22. The lowest BCUT2D eigenvalue weighted by Crippen LogP contribution is -2.27. The first-order valence-corrected chi connectivity index (χ1v) is 6.88. The lowest BCUT2D eigenvalue weighted by atomic mass is 9.98. The summed E-state index contributed by atoms with van der Waals surface area (Å²) in [6.45, 7) is 2.04. The molecule has 0 unspecified atom stereocenters. The molecule has 1 aliphatic heterocycles. The van der Waals surface area contributed by atoms with E-state index in [1.54, 1.807) is 0 Å². The number of thiophene rings is 1. The standard InChI is InChI=1S/C11H12ClN3OS/c12-8-3-6-17-9(8)11-14-10(15-16-11)7-1-4-13-5-2-7/h3,6-7,13H,1-2,4-5H2. The van der Waals surface area contributed by atoms with Crippen LogP contribution in [0.1, 0.15) is 24.6 Å². The molecule has 0 atom stereocenters. The van der Waals surface area contributed by atoms with Crippen molar-refractivity contribution in [3.8, 4) is 10.8 Å². The minimum atomic E-state index is 0.410. The molecule has 4 nitrogen and oxygen atoms in total. The van der Waals surface area contributed by atoms with Crippen LogP contribution in [0, 0.1) is 0 Å². The van der Waals surface area contributed by atoms with Gasteiger partial charge in [0.2, 0.25) is 0 Å². The fourth-order valence-corrected chi connectivity index (χ4v) is 3.08. The van der Waals surface area contributed by atoms with Crippen LogP contribution in [-0.4, -0.2) is 23.2 Å². The Labute approximate surface area is 108 Å². The van der Waals surface area contributed by atoms with Crippen LogP contribution in [0.15, 0.2) is 16.0 Å². The largest absolute Gasteiger partial charge is 0.333 e. The van der Waals surface area contributed by atoms with Crippen molar-refractivity contribution in [2.24, 2.45) is 0 Å². The Hall–Kier alpha value is -0.910. The van der Waals surface area contributed by atoms with E-state index in [4.69, 9.17) is 16.1 Å². The monoisotopic (exact) mass is 269 g/mol. The Kier molecular flexibility index (Phi) is 3.13. The summed E-state index contributed by atoms with van der Waals surface area (Å²) in [5.41, 5.74) is 0. The van der Waals surface area contributed by atoms with Gasteiger partial charge in [0.1, 0.15) is 4.88 Å². The normalized spacial score (nSPS) is 17.5. The molecule has 1 fully saturated rings. The fourth-order valence-electron chi connectivity index (χ4n) is 2.02. The van der Waals surface area contributed by atoms with E-state index >= 15 is 0 Å². The summed E-state index contributed by atoms with van der Waals surface area (Å²) < 4.78 is 5.29.